The molecule has 0 aliphatic heterocycles. The van der Waals surface area contributed by atoms with E-state index < -0.39 is 16.9 Å². The molecule has 152 valence electrons. The zero-order valence-electron chi connectivity index (χ0n) is 15.7. The number of nitro groups is 1. The number of esters is 1. The van der Waals surface area contributed by atoms with Crippen LogP contribution in [0.15, 0.2) is 76.8 Å². The Morgan fingerprint density at radius 3 is 2.47 bits per heavy atom. The highest BCUT2D eigenvalue weighted by Gasteiger charge is 2.21. The normalized spacial score (nSPS) is 10.2. The lowest BCUT2D eigenvalue weighted by atomic mass is 10.3. The monoisotopic (exact) mass is 424 g/mol. The highest BCUT2D eigenvalue weighted by molar-refractivity contribution is 7.99. The number of carbonyl (C=O) groups is 2. The van der Waals surface area contributed by atoms with Gasteiger partial charge in [0.1, 0.15) is 0 Å². The van der Waals surface area contributed by atoms with Crippen molar-refractivity contribution in [3.63, 3.8) is 0 Å². The largest absolute Gasteiger partial charge is 0.465 e. The maximum absolute atomic E-state index is 12.3. The Balaban J connectivity index is 1.83. The number of carbonyl (C=O) groups excluding carboxylic acids is 2. The van der Waals surface area contributed by atoms with Crippen LogP contribution in [0.2, 0.25) is 0 Å². The topological polar surface area (TPSA) is 123 Å². The Kier molecular flexibility index (Phi) is 6.60. The molecule has 9 nitrogen and oxygen atoms in total. The molecule has 0 saturated carbocycles. The lowest BCUT2D eigenvalue weighted by Crippen LogP contribution is -2.19. The van der Waals surface area contributed by atoms with Gasteiger partial charge >= 0.3 is 17.7 Å². The summed E-state index contributed by atoms with van der Waals surface area (Å²) in [6.45, 7) is 0. The molecule has 0 aliphatic rings. The summed E-state index contributed by atoms with van der Waals surface area (Å²) in [5.41, 5.74) is 0.702. The van der Waals surface area contributed by atoms with Gasteiger partial charge in [-0.15, -0.1) is 0 Å². The molecule has 0 atom stereocenters. The molecule has 0 radical (unpaired) electrons. The quantitative estimate of drug-likeness (QED) is 0.337. The van der Waals surface area contributed by atoms with Crippen LogP contribution in [0.1, 0.15) is 10.4 Å². The molecule has 0 fully saturated rings. The number of methoxy groups -OCH3 is 1. The van der Waals surface area contributed by atoms with Crippen molar-refractivity contribution in [2.75, 3.05) is 17.7 Å². The number of ether oxygens (including phenoxy) is 1. The van der Waals surface area contributed by atoms with Crippen molar-refractivity contribution < 1.29 is 19.2 Å². The summed E-state index contributed by atoms with van der Waals surface area (Å²) < 4.78 is 4.58. The average Bonchev–Trinajstić information content (AvgIpc) is 2.75. The molecule has 3 rings (SSSR count). The number of hydrogen-bond donors (Lipinski definition) is 2. The van der Waals surface area contributed by atoms with Gasteiger partial charge in [-0.2, -0.15) is 0 Å². The molecule has 0 spiro atoms. The summed E-state index contributed by atoms with van der Waals surface area (Å²) in [7, 11) is 1.18. The number of rotatable bonds is 6. The number of pyridine rings is 1. The molecule has 1 aromatic heterocycles. The van der Waals surface area contributed by atoms with E-state index in [2.05, 4.69) is 20.4 Å². The first-order chi connectivity index (χ1) is 14.5. The van der Waals surface area contributed by atoms with Gasteiger partial charge in [0.15, 0.2) is 5.03 Å². The van der Waals surface area contributed by atoms with Gasteiger partial charge in [-0.05, 0) is 24.3 Å². The molecule has 0 unspecified atom stereocenters. The first-order valence-electron chi connectivity index (χ1n) is 8.60. The summed E-state index contributed by atoms with van der Waals surface area (Å²) >= 11 is 0.998. The minimum absolute atomic E-state index is 0.0257. The van der Waals surface area contributed by atoms with E-state index in [-0.39, 0.29) is 16.3 Å². The maximum atomic E-state index is 12.3. The lowest BCUT2D eigenvalue weighted by molar-refractivity contribution is -0.388. The van der Waals surface area contributed by atoms with Gasteiger partial charge in [-0.1, -0.05) is 42.1 Å². The number of benzene rings is 2. The molecule has 3 aromatic rings. The fourth-order valence-corrected chi connectivity index (χ4v) is 3.38. The number of hydrogen-bond acceptors (Lipinski definition) is 7. The first-order valence-corrected chi connectivity index (χ1v) is 9.42. The second-order valence-electron chi connectivity index (χ2n) is 5.84. The summed E-state index contributed by atoms with van der Waals surface area (Å²) in [5, 5.41) is 17.0. The summed E-state index contributed by atoms with van der Waals surface area (Å²) in [6, 6.07) is 16.4. The van der Waals surface area contributed by atoms with Gasteiger partial charge in [-0.25, -0.2) is 14.6 Å². The minimum atomic E-state index is -0.721. The second-order valence-corrected chi connectivity index (χ2v) is 6.87. The van der Waals surface area contributed by atoms with Crippen molar-refractivity contribution in [1.82, 2.24) is 4.98 Å². The first kappa shape index (κ1) is 20.8. The van der Waals surface area contributed by atoms with Crippen molar-refractivity contribution in [1.29, 1.82) is 0 Å². The van der Waals surface area contributed by atoms with E-state index in [1.807, 2.05) is 6.07 Å². The number of urea groups is 1. The fraction of sp³-hybridized carbons (Fsp3) is 0.0500. The van der Waals surface area contributed by atoms with Crippen molar-refractivity contribution >= 4 is 40.8 Å². The van der Waals surface area contributed by atoms with Gasteiger partial charge < -0.3 is 15.4 Å². The third kappa shape index (κ3) is 5.11. The molecule has 30 heavy (non-hydrogen) atoms. The van der Waals surface area contributed by atoms with Gasteiger partial charge in [0.2, 0.25) is 0 Å². The molecule has 10 heteroatoms. The molecule has 0 aliphatic carbocycles. The number of aromatic nitrogens is 1. The number of para-hydroxylation sites is 2. The molecule has 2 aromatic carbocycles. The van der Waals surface area contributed by atoms with E-state index in [0.717, 1.165) is 17.8 Å². The number of anilines is 2. The highest BCUT2D eigenvalue weighted by atomic mass is 32.2. The van der Waals surface area contributed by atoms with Gasteiger partial charge in [0.25, 0.3) is 0 Å². The predicted molar refractivity (Wildman–Crippen MR) is 112 cm³/mol. The van der Waals surface area contributed by atoms with Crippen molar-refractivity contribution in [3.8, 4) is 0 Å². The van der Waals surface area contributed by atoms with Gasteiger partial charge in [-0.3, -0.25) is 10.1 Å². The number of nitrogens with one attached hydrogen (secondary N) is 2. The van der Waals surface area contributed by atoms with Gasteiger partial charge in [0, 0.05) is 22.8 Å². The van der Waals surface area contributed by atoms with Crippen LogP contribution in [0.4, 0.5) is 21.9 Å². The zero-order valence-corrected chi connectivity index (χ0v) is 16.5. The number of nitrogens with zero attached hydrogens (tertiary/aromatic N) is 2. The maximum Gasteiger partial charge on any atom is 0.339 e. The Morgan fingerprint density at radius 1 is 1.07 bits per heavy atom. The van der Waals surface area contributed by atoms with Crippen LogP contribution < -0.4 is 10.6 Å². The van der Waals surface area contributed by atoms with Crippen molar-refractivity contribution in [2.24, 2.45) is 0 Å². The van der Waals surface area contributed by atoms with Crippen LogP contribution >= 0.6 is 11.8 Å². The Morgan fingerprint density at radius 2 is 1.77 bits per heavy atom. The molecular formula is C20H16N4O5S. The van der Waals surface area contributed by atoms with E-state index >= 15 is 0 Å². The van der Waals surface area contributed by atoms with E-state index in [9.17, 15) is 19.7 Å². The van der Waals surface area contributed by atoms with E-state index in [0.29, 0.717) is 16.3 Å². The standard InChI is InChI=1S/C20H16N4O5S/c1-29-19(25)13-11-16(24(27)28)18(21-12-13)30-17-10-6-5-9-15(17)23-20(26)22-14-7-3-2-4-8-14/h2-12H,1H3,(H2,22,23,26). The Bertz CT molecular complexity index is 1090. The van der Waals surface area contributed by atoms with Crippen molar-refractivity contribution in [2.45, 2.75) is 9.92 Å². The Hall–Kier alpha value is -3.92. The van der Waals surface area contributed by atoms with Crippen LogP contribution in [-0.4, -0.2) is 29.0 Å². The molecule has 2 N–H and O–H groups in total. The Labute approximate surface area is 175 Å². The van der Waals surface area contributed by atoms with Crippen LogP contribution in [0.3, 0.4) is 0 Å². The van der Waals surface area contributed by atoms with Crippen LogP contribution in [0.25, 0.3) is 0 Å². The van der Waals surface area contributed by atoms with Crippen LogP contribution in [-0.2, 0) is 4.74 Å². The fourth-order valence-electron chi connectivity index (χ4n) is 2.45. The third-order valence-electron chi connectivity index (χ3n) is 3.82. The molecular weight excluding hydrogens is 408 g/mol. The summed E-state index contributed by atoms with van der Waals surface area (Å²) in [5.74, 6) is -0.721. The highest BCUT2D eigenvalue weighted by Crippen LogP contribution is 2.37. The number of amides is 2. The predicted octanol–water partition coefficient (Wildman–Crippen LogP) is 4.57. The van der Waals surface area contributed by atoms with E-state index in [1.165, 1.54) is 13.3 Å². The third-order valence-corrected chi connectivity index (χ3v) is 4.91. The van der Waals surface area contributed by atoms with Crippen LogP contribution in [0, 0.1) is 10.1 Å². The minimum Gasteiger partial charge on any atom is -0.465 e. The summed E-state index contributed by atoms with van der Waals surface area (Å²) in [6.07, 6.45) is 1.21. The SMILES string of the molecule is COC(=O)c1cnc(Sc2ccccc2NC(=O)Nc2ccccc2)c([N+](=O)[O-])c1. The molecule has 1 heterocycles. The molecule has 2 amide bonds. The summed E-state index contributed by atoms with van der Waals surface area (Å²) in [4.78, 5) is 39.4. The lowest BCUT2D eigenvalue weighted by Gasteiger charge is -2.11. The van der Waals surface area contributed by atoms with E-state index in [1.54, 1.807) is 48.5 Å². The average molecular weight is 424 g/mol. The van der Waals surface area contributed by atoms with E-state index in [4.69, 9.17) is 0 Å². The molecule has 0 saturated heterocycles. The van der Waals surface area contributed by atoms with Crippen molar-refractivity contribution in [3.05, 3.63) is 82.5 Å². The second kappa shape index (κ2) is 9.52. The van der Waals surface area contributed by atoms with Crippen LogP contribution in [0.5, 0.6) is 0 Å². The smallest absolute Gasteiger partial charge is 0.339 e. The van der Waals surface area contributed by atoms with Gasteiger partial charge in [0.05, 0.1) is 23.3 Å². The molecule has 0 bridgehead atoms. The zero-order chi connectivity index (χ0) is 21.5.